The normalized spacial score (nSPS) is 12.5. The van der Waals surface area contributed by atoms with E-state index in [-0.39, 0.29) is 18.2 Å². The Morgan fingerprint density at radius 1 is 1.36 bits per heavy atom. The Labute approximate surface area is 172 Å². The highest BCUT2D eigenvalue weighted by atomic mass is 35.5. The van der Waals surface area contributed by atoms with Crippen molar-refractivity contribution in [1.29, 1.82) is 0 Å². The number of carbonyl (C=O) groups excluding carboxylic acids is 1. The van der Waals surface area contributed by atoms with Crippen LogP contribution in [0.1, 0.15) is 46.5 Å². The summed E-state index contributed by atoms with van der Waals surface area (Å²) in [5, 5.41) is 1.14. The molecule has 3 rings (SSSR count). The first-order valence-corrected chi connectivity index (χ1v) is 10.2. The summed E-state index contributed by atoms with van der Waals surface area (Å²) in [5.74, 6) is 0.141. The van der Waals surface area contributed by atoms with Crippen LogP contribution in [0.3, 0.4) is 0 Å². The largest absolute Gasteiger partial charge is 0.462 e. The quantitative estimate of drug-likeness (QED) is 0.602. The van der Waals surface area contributed by atoms with Gasteiger partial charge in [0.1, 0.15) is 15.5 Å². The Morgan fingerprint density at radius 2 is 2.04 bits per heavy atom. The van der Waals surface area contributed by atoms with Crippen molar-refractivity contribution in [3.63, 3.8) is 0 Å². The number of aromatic nitrogens is 2. The molecule has 0 aliphatic carbocycles. The van der Waals surface area contributed by atoms with Gasteiger partial charge in [-0.1, -0.05) is 23.7 Å². The number of fused-ring (bicyclic) bond motifs is 1. The van der Waals surface area contributed by atoms with Crippen molar-refractivity contribution in [2.24, 2.45) is 0 Å². The van der Waals surface area contributed by atoms with Gasteiger partial charge in [0.25, 0.3) is 5.56 Å². The average Bonchev–Trinajstić information content (AvgIpc) is 3.00. The van der Waals surface area contributed by atoms with E-state index in [0.29, 0.717) is 38.0 Å². The third-order valence-corrected chi connectivity index (χ3v) is 6.10. The number of hydrogen-bond donors (Lipinski definition) is 1. The maximum absolute atomic E-state index is 12.7. The van der Waals surface area contributed by atoms with Crippen molar-refractivity contribution < 1.29 is 9.53 Å². The van der Waals surface area contributed by atoms with E-state index in [9.17, 15) is 9.59 Å². The Morgan fingerprint density at radius 3 is 2.68 bits per heavy atom. The van der Waals surface area contributed by atoms with Crippen molar-refractivity contribution >= 4 is 39.1 Å². The predicted octanol–water partition coefficient (Wildman–Crippen LogP) is 4.32. The average molecular weight is 420 g/mol. The van der Waals surface area contributed by atoms with Crippen LogP contribution in [0, 0.1) is 6.92 Å². The maximum atomic E-state index is 12.7. The summed E-state index contributed by atoms with van der Waals surface area (Å²) >= 11 is 7.14. The van der Waals surface area contributed by atoms with Crippen molar-refractivity contribution in [2.75, 3.05) is 13.7 Å². The van der Waals surface area contributed by atoms with Gasteiger partial charge in [0.15, 0.2) is 0 Å². The van der Waals surface area contributed by atoms with Crippen LogP contribution in [-0.4, -0.2) is 34.5 Å². The molecule has 0 aliphatic rings. The molecular weight excluding hydrogens is 398 g/mol. The molecule has 6 nitrogen and oxygen atoms in total. The van der Waals surface area contributed by atoms with Gasteiger partial charge in [0, 0.05) is 11.6 Å². The van der Waals surface area contributed by atoms with Crippen LogP contribution < -0.4 is 5.56 Å². The van der Waals surface area contributed by atoms with Crippen molar-refractivity contribution in [2.45, 2.75) is 33.4 Å². The number of carbonyl (C=O) groups is 1. The molecule has 3 aromatic rings. The van der Waals surface area contributed by atoms with Gasteiger partial charge in [0.05, 0.1) is 18.0 Å². The second-order valence-electron chi connectivity index (χ2n) is 6.63. The van der Waals surface area contributed by atoms with Gasteiger partial charge in [-0.15, -0.1) is 11.3 Å². The van der Waals surface area contributed by atoms with Gasteiger partial charge in [-0.25, -0.2) is 9.78 Å². The summed E-state index contributed by atoms with van der Waals surface area (Å²) in [6.07, 6.45) is 0. The van der Waals surface area contributed by atoms with E-state index in [1.54, 1.807) is 13.8 Å². The zero-order valence-electron chi connectivity index (χ0n) is 16.2. The first-order valence-electron chi connectivity index (χ1n) is 8.97. The fraction of sp³-hybridized carbons (Fsp3) is 0.350. The number of ether oxygens (including phenoxy) is 1. The summed E-state index contributed by atoms with van der Waals surface area (Å²) in [7, 11) is 1.97. The lowest BCUT2D eigenvalue weighted by molar-refractivity contribution is 0.0531. The molecule has 0 unspecified atom stereocenters. The number of aryl methyl sites for hydroxylation is 1. The first kappa shape index (κ1) is 20.5. The fourth-order valence-electron chi connectivity index (χ4n) is 2.97. The molecule has 2 heterocycles. The van der Waals surface area contributed by atoms with Gasteiger partial charge in [-0.05, 0) is 51.1 Å². The Bertz CT molecular complexity index is 1060. The van der Waals surface area contributed by atoms with E-state index in [2.05, 4.69) is 14.9 Å². The van der Waals surface area contributed by atoms with Gasteiger partial charge in [-0.3, -0.25) is 9.69 Å². The molecule has 0 bridgehead atoms. The van der Waals surface area contributed by atoms with E-state index < -0.39 is 5.97 Å². The van der Waals surface area contributed by atoms with Crippen molar-refractivity contribution in [1.82, 2.24) is 14.9 Å². The van der Waals surface area contributed by atoms with Gasteiger partial charge >= 0.3 is 5.97 Å². The highest BCUT2D eigenvalue weighted by Gasteiger charge is 2.22. The van der Waals surface area contributed by atoms with E-state index in [1.807, 2.05) is 38.2 Å². The number of aromatic amines is 1. The Kier molecular flexibility index (Phi) is 6.17. The van der Waals surface area contributed by atoms with Crippen LogP contribution in [0.2, 0.25) is 5.02 Å². The molecule has 0 spiro atoms. The van der Waals surface area contributed by atoms with Gasteiger partial charge < -0.3 is 9.72 Å². The molecule has 0 saturated heterocycles. The number of hydrogen-bond acceptors (Lipinski definition) is 6. The summed E-state index contributed by atoms with van der Waals surface area (Å²) in [5.41, 5.74) is 1.48. The molecule has 0 amide bonds. The zero-order chi connectivity index (χ0) is 20.4. The monoisotopic (exact) mass is 419 g/mol. The minimum atomic E-state index is -0.420. The first-order chi connectivity index (χ1) is 13.3. The number of halogens is 1. The second kappa shape index (κ2) is 8.43. The van der Waals surface area contributed by atoms with Crippen LogP contribution >= 0.6 is 22.9 Å². The number of rotatable bonds is 6. The summed E-state index contributed by atoms with van der Waals surface area (Å²) in [6, 6.07) is 7.53. The van der Waals surface area contributed by atoms with Crippen LogP contribution in [0.4, 0.5) is 0 Å². The number of thiophene rings is 1. The molecule has 28 heavy (non-hydrogen) atoms. The molecule has 1 atom stereocenters. The molecule has 0 fully saturated rings. The Balaban J connectivity index is 1.91. The minimum Gasteiger partial charge on any atom is -0.462 e. The van der Waals surface area contributed by atoms with Crippen LogP contribution in [0.5, 0.6) is 0 Å². The number of H-pyrrole nitrogens is 1. The molecule has 8 heteroatoms. The molecule has 148 valence electrons. The van der Waals surface area contributed by atoms with Crippen molar-refractivity contribution in [3.8, 4) is 0 Å². The third-order valence-electron chi connectivity index (χ3n) is 4.68. The number of esters is 1. The molecule has 0 aliphatic heterocycles. The number of benzene rings is 1. The molecule has 1 N–H and O–H groups in total. The molecule has 2 aromatic heterocycles. The van der Waals surface area contributed by atoms with Gasteiger partial charge in [0.2, 0.25) is 0 Å². The minimum absolute atomic E-state index is 0.124. The second-order valence-corrected chi connectivity index (χ2v) is 8.06. The Hall–Kier alpha value is -2.22. The number of nitrogens with zero attached hydrogens (tertiary/aromatic N) is 2. The molecule has 1 aromatic carbocycles. The van der Waals surface area contributed by atoms with Gasteiger partial charge in [-0.2, -0.15) is 0 Å². The lowest BCUT2D eigenvalue weighted by atomic mass is 10.2. The van der Waals surface area contributed by atoms with Crippen molar-refractivity contribution in [3.05, 3.63) is 61.5 Å². The maximum Gasteiger partial charge on any atom is 0.348 e. The summed E-state index contributed by atoms with van der Waals surface area (Å²) in [4.78, 5) is 35.4. The highest BCUT2D eigenvalue weighted by molar-refractivity contribution is 7.20. The SMILES string of the molecule is CCOC(=O)c1sc2nc([C@@H](C)N(C)Cc3ccc(Cl)cc3)[nH]c(=O)c2c1C. The number of nitrogens with one attached hydrogen (secondary N) is 1. The van der Waals surface area contributed by atoms with E-state index in [0.717, 1.165) is 5.56 Å². The highest BCUT2D eigenvalue weighted by Crippen LogP contribution is 2.29. The van der Waals surface area contributed by atoms with Crippen LogP contribution in [0.25, 0.3) is 10.2 Å². The van der Waals surface area contributed by atoms with Crippen LogP contribution in [0.15, 0.2) is 29.1 Å². The topological polar surface area (TPSA) is 75.3 Å². The van der Waals surface area contributed by atoms with E-state index >= 15 is 0 Å². The lowest BCUT2D eigenvalue weighted by Crippen LogP contribution is -2.25. The zero-order valence-corrected chi connectivity index (χ0v) is 17.8. The fourth-order valence-corrected chi connectivity index (χ4v) is 4.18. The summed E-state index contributed by atoms with van der Waals surface area (Å²) < 4.78 is 5.08. The lowest BCUT2D eigenvalue weighted by Gasteiger charge is -2.24. The van der Waals surface area contributed by atoms with E-state index in [4.69, 9.17) is 16.3 Å². The third kappa shape index (κ3) is 4.11. The van der Waals surface area contributed by atoms with Crippen LogP contribution in [-0.2, 0) is 11.3 Å². The smallest absolute Gasteiger partial charge is 0.348 e. The molecular formula is C20H22ClN3O3S. The van der Waals surface area contributed by atoms with E-state index in [1.165, 1.54) is 11.3 Å². The predicted molar refractivity (Wildman–Crippen MR) is 112 cm³/mol. The molecule has 0 saturated carbocycles. The standard InChI is InChI=1S/C20H22ClN3O3S/c1-5-27-20(26)16-11(2)15-18(25)22-17(23-19(15)28-16)12(3)24(4)10-13-6-8-14(21)9-7-13/h6-9,12H,5,10H2,1-4H3,(H,22,23,25)/t12-/m1/s1. The molecule has 0 radical (unpaired) electrons. The summed E-state index contributed by atoms with van der Waals surface area (Å²) in [6.45, 7) is 6.44.